The van der Waals surface area contributed by atoms with E-state index in [0.29, 0.717) is 33.4 Å². The highest BCUT2D eigenvalue weighted by atomic mass is 19.2. The number of benzene rings is 2. The van der Waals surface area contributed by atoms with Crippen molar-refractivity contribution in [2.75, 3.05) is 5.32 Å². The topological polar surface area (TPSA) is 127 Å². The smallest absolute Gasteiger partial charge is 0.439 e. The molecule has 11 heteroatoms. The van der Waals surface area contributed by atoms with Crippen LogP contribution in [0.3, 0.4) is 0 Å². The molecular weight excluding hydrogens is 472 g/mol. The Labute approximate surface area is 201 Å². The van der Waals surface area contributed by atoms with E-state index in [-0.39, 0.29) is 22.5 Å². The van der Waals surface area contributed by atoms with Crippen molar-refractivity contribution in [1.29, 1.82) is 0 Å². The number of aryl methyl sites for hydroxylation is 1. The number of hydrogen-bond acceptors (Lipinski definition) is 8. The highest BCUT2D eigenvalue weighted by Crippen LogP contribution is 2.35. The Balaban J connectivity index is 1.67. The Hall–Kier alpha value is -4.67. The van der Waals surface area contributed by atoms with E-state index in [1.54, 1.807) is 32.3 Å². The summed E-state index contributed by atoms with van der Waals surface area (Å²) in [7, 11) is 0. The lowest BCUT2D eigenvalue weighted by atomic mass is 9.99. The van der Waals surface area contributed by atoms with Crippen LogP contribution >= 0.6 is 0 Å². The number of nitrogens with zero attached hydrogens (tertiary/aromatic N) is 3. The van der Waals surface area contributed by atoms with Crippen molar-refractivity contribution in [3.8, 4) is 22.7 Å². The summed E-state index contributed by atoms with van der Waals surface area (Å²) in [6.07, 6.45) is 4.47. The van der Waals surface area contributed by atoms with E-state index in [2.05, 4.69) is 29.9 Å². The molecule has 0 amide bonds. The fourth-order valence-electron chi connectivity index (χ4n) is 4.13. The third-order valence-electron chi connectivity index (χ3n) is 5.83. The second-order valence-electron chi connectivity index (χ2n) is 8.34. The fourth-order valence-corrected chi connectivity index (χ4v) is 4.13. The van der Waals surface area contributed by atoms with Gasteiger partial charge in [-0.3, -0.25) is 14.3 Å². The van der Waals surface area contributed by atoms with Crippen LogP contribution < -0.4 is 16.5 Å². The van der Waals surface area contributed by atoms with Crippen LogP contribution in [-0.2, 0) is 0 Å². The van der Waals surface area contributed by atoms with E-state index in [0.717, 1.165) is 11.6 Å². The molecule has 2 N–H and O–H groups in total. The molecule has 0 saturated carbocycles. The molecule has 0 radical (unpaired) electrons. The molecule has 1 atom stereocenters. The van der Waals surface area contributed by atoms with Crippen LogP contribution in [-0.4, -0.2) is 20.1 Å². The first kappa shape index (κ1) is 23.1. The monoisotopic (exact) mass is 491 g/mol. The van der Waals surface area contributed by atoms with Crippen molar-refractivity contribution in [2.24, 2.45) is 0 Å². The molecule has 0 spiro atoms. The molecule has 0 aliphatic carbocycles. The minimum Gasteiger partial charge on any atom is -0.455 e. The van der Waals surface area contributed by atoms with E-state index >= 15 is 0 Å². The maximum Gasteiger partial charge on any atom is 0.439 e. The zero-order valence-electron chi connectivity index (χ0n) is 19.3. The van der Waals surface area contributed by atoms with Crippen molar-refractivity contribution in [1.82, 2.24) is 20.1 Å². The van der Waals surface area contributed by atoms with E-state index < -0.39 is 23.4 Å². The lowest BCUT2D eigenvalue weighted by Crippen LogP contribution is -2.13. The van der Waals surface area contributed by atoms with Gasteiger partial charge in [-0.2, -0.15) is 0 Å². The molecule has 182 valence electrons. The van der Waals surface area contributed by atoms with E-state index in [9.17, 15) is 18.4 Å². The Morgan fingerprint density at radius 3 is 2.53 bits per heavy atom. The fraction of sp³-hybridized carbons (Fsp3) is 0.160. The zero-order valence-corrected chi connectivity index (χ0v) is 19.3. The molecule has 0 aliphatic rings. The minimum absolute atomic E-state index is 0.145. The predicted octanol–water partition coefficient (Wildman–Crippen LogP) is 4.66. The van der Waals surface area contributed by atoms with Gasteiger partial charge in [-0.15, -0.1) is 0 Å². The largest absolute Gasteiger partial charge is 0.455 e. The molecule has 0 bridgehead atoms. The number of H-pyrrole nitrogens is 1. The first-order valence-electron chi connectivity index (χ1n) is 10.9. The Morgan fingerprint density at radius 2 is 1.83 bits per heavy atom. The number of aromatic amines is 1. The summed E-state index contributed by atoms with van der Waals surface area (Å²) in [5.41, 5.74) is 2.32. The minimum atomic E-state index is -1.21. The van der Waals surface area contributed by atoms with Gasteiger partial charge in [0.05, 0.1) is 22.6 Å². The maximum absolute atomic E-state index is 14.8. The van der Waals surface area contributed by atoms with Gasteiger partial charge in [0.15, 0.2) is 22.9 Å². The summed E-state index contributed by atoms with van der Waals surface area (Å²) in [6.45, 7) is 5.28. The zero-order chi connectivity index (χ0) is 25.6. The van der Waals surface area contributed by atoms with Crippen LogP contribution in [0, 0.1) is 25.5 Å². The van der Waals surface area contributed by atoms with Crippen molar-refractivity contribution in [3.05, 3.63) is 92.1 Å². The van der Waals surface area contributed by atoms with E-state index in [1.807, 2.05) is 13.0 Å². The molecule has 5 rings (SSSR count). The molecule has 0 fully saturated rings. The number of rotatable bonds is 5. The molecular formula is C25H19F2N5O4. The molecule has 36 heavy (non-hydrogen) atoms. The third kappa shape index (κ3) is 3.94. The molecule has 0 saturated heterocycles. The van der Waals surface area contributed by atoms with Crippen LogP contribution in [0.1, 0.15) is 29.7 Å². The molecule has 9 nitrogen and oxygen atoms in total. The molecule has 0 aliphatic heterocycles. The van der Waals surface area contributed by atoms with Crippen LogP contribution in [0.4, 0.5) is 14.5 Å². The number of anilines is 1. The second kappa shape index (κ2) is 8.84. The summed E-state index contributed by atoms with van der Waals surface area (Å²) in [4.78, 5) is 35.0. The first-order chi connectivity index (χ1) is 17.2. The van der Waals surface area contributed by atoms with Gasteiger partial charge in [-0.05, 0) is 44.5 Å². The van der Waals surface area contributed by atoms with Crippen molar-refractivity contribution < 1.29 is 17.7 Å². The van der Waals surface area contributed by atoms with Crippen molar-refractivity contribution in [2.45, 2.75) is 26.8 Å². The number of halogens is 2. The first-order valence-corrected chi connectivity index (χ1v) is 10.9. The standard InChI is InChI=1S/C25H19F2N5O4/c1-11-6-15(23-16(7-11)21(33)12(2)22(35-23)14-8-28-10-29-9-14)13(3)30-18-5-4-17(26)20(27)19(18)24-31-25(34)36-32-24/h4-10,13,30H,1-3H3,(H,31,32,34)/t13-/m1/s1. The number of fused-ring (bicyclic) bond motifs is 1. The third-order valence-corrected chi connectivity index (χ3v) is 5.83. The average Bonchev–Trinajstić information content (AvgIpc) is 3.29. The molecule has 3 aromatic heterocycles. The average molecular weight is 491 g/mol. The second-order valence-corrected chi connectivity index (χ2v) is 8.34. The SMILES string of the molecule is Cc1cc([C@@H](C)Nc2ccc(F)c(F)c2-c2noc(=O)[nH]2)c2oc(-c3cncnc3)c(C)c(=O)c2c1. The maximum atomic E-state index is 14.8. The van der Waals surface area contributed by atoms with Crippen LogP contribution in [0.5, 0.6) is 0 Å². The summed E-state index contributed by atoms with van der Waals surface area (Å²) >= 11 is 0. The van der Waals surface area contributed by atoms with Gasteiger partial charge in [0.25, 0.3) is 0 Å². The quantitative estimate of drug-likeness (QED) is 0.363. The summed E-state index contributed by atoms with van der Waals surface area (Å²) in [5.74, 6) is -3.18. The van der Waals surface area contributed by atoms with Crippen molar-refractivity contribution in [3.63, 3.8) is 0 Å². The van der Waals surface area contributed by atoms with E-state index in [1.165, 1.54) is 12.4 Å². The van der Waals surface area contributed by atoms with Gasteiger partial charge >= 0.3 is 5.76 Å². The van der Waals surface area contributed by atoms with Crippen LogP contribution in [0.25, 0.3) is 33.7 Å². The highest BCUT2D eigenvalue weighted by Gasteiger charge is 2.23. The lowest BCUT2D eigenvalue weighted by Gasteiger charge is -2.20. The normalized spacial score (nSPS) is 12.1. The van der Waals surface area contributed by atoms with Crippen LogP contribution in [0.15, 0.2) is 61.5 Å². The highest BCUT2D eigenvalue weighted by molar-refractivity contribution is 5.85. The Bertz CT molecular complexity index is 1730. The lowest BCUT2D eigenvalue weighted by molar-refractivity contribution is 0.387. The van der Waals surface area contributed by atoms with Gasteiger partial charge in [-0.25, -0.2) is 23.5 Å². The van der Waals surface area contributed by atoms with E-state index in [4.69, 9.17) is 4.42 Å². The van der Waals surface area contributed by atoms with Crippen LogP contribution in [0.2, 0.25) is 0 Å². The van der Waals surface area contributed by atoms with Gasteiger partial charge < -0.3 is 9.73 Å². The number of nitrogens with one attached hydrogen (secondary N) is 2. The predicted molar refractivity (Wildman–Crippen MR) is 127 cm³/mol. The summed E-state index contributed by atoms with van der Waals surface area (Å²) in [5, 5.41) is 6.99. The Morgan fingerprint density at radius 1 is 1.08 bits per heavy atom. The Kier molecular flexibility index (Phi) is 5.67. The van der Waals surface area contributed by atoms with Gasteiger partial charge in [0.1, 0.15) is 17.7 Å². The molecule has 2 aromatic carbocycles. The van der Waals surface area contributed by atoms with Gasteiger partial charge in [-0.1, -0.05) is 11.2 Å². The van der Waals surface area contributed by atoms with Gasteiger partial charge in [0, 0.05) is 29.2 Å². The van der Waals surface area contributed by atoms with Gasteiger partial charge in [0.2, 0.25) is 0 Å². The molecule has 5 aromatic rings. The van der Waals surface area contributed by atoms with Crippen molar-refractivity contribution >= 4 is 16.7 Å². The number of aromatic nitrogens is 4. The molecule has 0 unspecified atom stereocenters. The number of hydrogen-bond donors (Lipinski definition) is 2. The molecule has 3 heterocycles. The summed E-state index contributed by atoms with van der Waals surface area (Å²) in [6, 6.07) is 5.29. The summed E-state index contributed by atoms with van der Waals surface area (Å²) < 4.78 is 39.5.